The van der Waals surface area contributed by atoms with Crippen LogP contribution in [0.25, 0.3) is 21.3 Å². The summed E-state index contributed by atoms with van der Waals surface area (Å²) in [6, 6.07) is 14.6. The van der Waals surface area contributed by atoms with Gasteiger partial charge in [-0.1, -0.05) is 18.2 Å². The molecule has 2 aliphatic rings. The molecule has 3 N–H and O–H groups in total. The minimum Gasteiger partial charge on any atom is -0.369 e. The Bertz CT molecular complexity index is 1480. The molecule has 2 fully saturated rings. The Labute approximate surface area is 230 Å². The van der Waals surface area contributed by atoms with E-state index in [0.717, 1.165) is 47.6 Å². The Kier molecular flexibility index (Phi) is 6.92. The number of benzene rings is 2. The monoisotopic (exact) mass is 546 g/mol. The van der Waals surface area contributed by atoms with E-state index in [2.05, 4.69) is 49.2 Å². The van der Waals surface area contributed by atoms with Gasteiger partial charge in [-0.15, -0.1) is 11.3 Å². The molecule has 0 radical (unpaired) electrons. The SMILES string of the molecule is CN1CCN(c2ccc(NC(=O)N3CCN(c4nc(N)nc5scc(-c6ccccc6F)c45)CC3)cc2)CC1. The van der Waals surface area contributed by atoms with Crippen molar-refractivity contribution in [2.75, 3.05) is 80.3 Å². The molecule has 0 atom stereocenters. The third kappa shape index (κ3) is 5.19. The van der Waals surface area contributed by atoms with E-state index in [1.807, 2.05) is 23.6 Å². The van der Waals surface area contributed by atoms with Crippen LogP contribution in [0.15, 0.2) is 53.9 Å². The van der Waals surface area contributed by atoms with Gasteiger partial charge in [0.2, 0.25) is 5.95 Å². The molecule has 0 spiro atoms. The number of nitrogens with one attached hydrogen (secondary N) is 1. The average molecular weight is 547 g/mol. The van der Waals surface area contributed by atoms with Gasteiger partial charge in [0.25, 0.3) is 0 Å². The molecule has 0 bridgehead atoms. The summed E-state index contributed by atoms with van der Waals surface area (Å²) in [5.41, 5.74) is 9.25. The second-order valence-electron chi connectivity index (χ2n) is 9.96. The van der Waals surface area contributed by atoms with Crippen LogP contribution in [0, 0.1) is 5.82 Å². The van der Waals surface area contributed by atoms with Crippen molar-refractivity contribution >= 4 is 50.7 Å². The van der Waals surface area contributed by atoms with E-state index in [1.165, 1.54) is 23.1 Å². The fraction of sp³-hybridized carbons (Fsp3) is 0.321. The number of thiophene rings is 1. The number of carbonyl (C=O) groups excluding carboxylic acids is 1. The summed E-state index contributed by atoms with van der Waals surface area (Å²) in [5, 5.41) is 5.72. The largest absolute Gasteiger partial charge is 0.369 e. The first-order chi connectivity index (χ1) is 19.0. The highest BCUT2D eigenvalue weighted by atomic mass is 32.1. The highest BCUT2D eigenvalue weighted by Crippen LogP contribution is 2.39. The Morgan fingerprint density at radius 1 is 0.897 bits per heavy atom. The third-order valence-electron chi connectivity index (χ3n) is 7.45. The van der Waals surface area contributed by atoms with Crippen LogP contribution in [0.1, 0.15) is 0 Å². The lowest BCUT2D eigenvalue weighted by Gasteiger charge is -2.36. The van der Waals surface area contributed by atoms with E-state index in [0.29, 0.717) is 37.6 Å². The average Bonchev–Trinajstić information content (AvgIpc) is 3.37. The molecule has 2 aromatic carbocycles. The highest BCUT2D eigenvalue weighted by Gasteiger charge is 2.26. The molecule has 11 heteroatoms. The van der Waals surface area contributed by atoms with Gasteiger partial charge in [-0.3, -0.25) is 0 Å². The molecule has 0 aliphatic carbocycles. The summed E-state index contributed by atoms with van der Waals surface area (Å²) >= 11 is 1.42. The molecule has 0 saturated carbocycles. The summed E-state index contributed by atoms with van der Waals surface area (Å²) in [6.07, 6.45) is 0. The lowest BCUT2D eigenvalue weighted by atomic mass is 10.1. The first kappa shape index (κ1) is 25.3. The Hall–Kier alpha value is -3.96. The molecule has 4 aromatic rings. The fourth-order valence-corrected chi connectivity index (χ4v) is 6.13. The highest BCUT2D eigenvalue weighted by molar-refractivity contribution is 7.17. The molecule has 6 rings (SSSR count). The first-order valence-corrected chi connectivity index (χ1v) is 14.0. The van der Waals surface area contributed by atoms with Crippen LogP contribution < -0.4 is 20.9 Å². The van der Waals surface area contributed by atoms with Crippen LogP contribution in [0.4, 0.5) is 32.3 Å². The van der Waals surface area contributed by atoms with Crippen LogP contribution in [-0.4, -0.2) is 85.2 Å². The maximum Gasteiger partial charge on any atom is 0.321 e. The zero-order chi connectivity index (χ0) is 26.9. The number of carbonyl (C=O) groups is 1. The van der Waals surface area contributed by atoms with E-state index >= 15 is 0 Å². The van der Waals surface area contributed by atoms with Crippen LogP contribution in [0.5, 0.6) is 0 Å². The normalized spacial score (nSPS) is 16.6. The molecule has 202 valence electrons. The van der Waals surface area contributed by atoms with E-state index in [4.69, 9.17) is 5.73 Å². The number of aromatic nitrogens is 2. The molecule has 4 heterocycles. The maximum absolute atomic E-state index is 14.7. The topological polar surface area (TPSA) is 93.9 Å². The van der Waals surface area contributed by atoms with Crippen molar-refractivity contribution in [3.8, 4) is 11.1 Å². The van der Waals surface area contributed by atoms with E-state index in [-0.39, 0.29) is 17.8 Å². The summed E-state index contributed by atoms with van der Waals surface area (Å²) in [4.78, 5) is 31.3. The van der Waals surface area contributed by atoms with Crippen molar-refractivity contribution in [2.24, 2.45) is 0 Å². The van der Waals surface area contributed by atoms with Crippen LogP contribution >= 0.6 is 11.3 Å². The smallest absolute Gasteiger partial charge is 0.321 e. The summed E-state index contributed by atoms with van der Waals surface area (Å²) < 4.78 is 14.7. The van der Waals surface area contributed by atoms with Gasteiger partial charge in [0.1, 0.15) is 16.5 Å². The quantitative estimate of drug-likeness (QED) is 0.397. The van der Waals surface area contributed by atoms with Crippen molar-refractivity contribution in [1.29, 1.82) is 0 Å². The molecule has 2 aliphatic heterocycles. The number of urea groups is 1. The van der Waals surface area contributed by atoms with Crippen molar-refractivity contribution < 1.29 is 9.18 Å². The van der Waals surface area contributed by atoms with E-state index in [9.17, 15) is 9.18 Å². The number of fused-ring (bicyclic) bond motifs is 1. The number of anilines is 4. The number of rotatable bonds is 4. The number of likely N-dealkylation sites (N-methyl/N-ethyl adjacent to an activating group) is 1. The fourth-order valence-electron chi connectivity index (χ4n) is 5.19. The minimum absolute atomic E-state index is 0.128. The molecule has 39 heavy (non-hydrogen) atoms. The number of nitrogens with two attached hydrogens (primary N) is 1. The van der Waals surface area contributed by atoms with Gasteiger partial charge in [-0.25, -0.2) is 14.2 Å². The zero-order valence-electron chi connectivity index (χ0n) is 21.8. The van der Waals surface area contributed by atoms with Crippen LogP contribution in [-0.2, 0) is 0 Å². The maximum atomic E-state index is 14.7. The van der Waals surface area contributed by atoms with Gasteiger partial charge >= 0.3 is 6.03 Å². The van der Waals surface area contributed by atoms with Crippen molar-refractivity contribution in [2.45, 2.75) is 0 Å². The molecular weight excluding hydrogens is 515 g/mol. The number of amides is 2. The second kappa shape index (κ2) is 10.7. The predicted molar refractivity (Wildman–Crippen MR) is 156 cm³/mol. The molecule has 9 nitrogen and oxygen atoms in total. The number of nitrogens with zero attached hydrogens (tertiary/aromatic N) is 6. The number of piperazine rings is 2. The molecule has 2 amide bonds. The van der Waals surface area contributed by atoms with Crippen molar-refractivity contribution in [1.82, 2.24) is 19.8 Å². The van der Waals surface area contributed by atoms with Gasteiger partial charge in [0.05, 0.1) is 5.39 Å². The van der Waals surface area contributed by atoms with Crippen molar-refractivity contribution in [3.05, 3.63) is 59.7 Å². The standard InChI is InChI=1S/C28H31FN8OS/c1-34-10-12-35(13-11-34)20-8-6-19(7-9-20)31-28(38)37-16-14-36(15-17-37)25-24-22(21-4-2-3-5-23(21)29)18-39-26(24)33-27(30)32-25/h2-9,18H,10-17H2,1H3,(H,31,38)(H2,30,32,33). The number of hydrogen-bond acceptors (Lipinski definition) is 8. The predicted octanol–water partition coefficient (Wildman–Crippen LogP) is 4.19. The molecule has 2 aromatic heterocycles. The van der Waals surface area contributed by atoms with E-state index in [1.54, 1.807) is 17.0 Å². The zero-order valence-corrected chi connectivity index (χ0v) is 22.6. The lowest BCUT2D eigenvalue weighted by Crippen LogP contribution is -2.50. The Morgan fingerprint density at radius 3 is 2.31 bits per heavy atom. The molecule has 2 saturated heterocycles. The van der Waals surface area contributed by atoms with Gasteiger partial charge < -0.3 is 30.7 Å². The van der Waals surface area contributed by atoms with Crippen LogP contribution in [0.3, 0.4) is 0 Å². The summed E-state index contributed by atoms with van der Waals surface area (Å²) in [5.74, 6) is 0.564. The van der Waals surface area contributed by atoms with E-state index < -0.39 is 0 Å². The van der Waals surface area contributed by atoms with Gasteiger partial charge in [-0.2, -0.15) is 4.98 Å². The Morgan fingerprint density at radius 2 is 1.59 bits per heavy atom. The van der Waals surface area contributed by atoms with Crippen molar-refractivity contribution in [3.63, 3.8) is 0 Å². The Balaban J connectivity index is 1.13. The number of nitrogen functional groups attached to an aromatic ring is 1. The summed E-state index contributed by atoms with van der Waals surface area (Å²) in [7, 11) is 2.14. The van der Waals surface area contributed by atoms with Gasteiger partial charge in [-0.05, 0) is 37.4 Å². The van der Waals surface area contributed by atoms with Gasteiger partial charge in [0, 0.05) is 80.2 Å². The summed E-state index contributed by atoms with van der Waals surface area (Å²) in [6.45, 7) is 6.31. The minimum atomic E-state index is -0.293. The van der Waals surface area contributed by atoms with Gasteiger partial charge in [0.15, 0.2) is 0 Å². The second-order valence-corrected chi connectivity index (χ2v) is 10.8. The molecule has 0 unspecified atom stereocenters. The number of hydrogen-bond donors (Lipinski definition) is 2. The third-order valence-corrected chi connectivity index (χ3v) is 8.32. The van der Waals surface area contributed by atoms with Crippen LogP contribution in [0.2, 0.25) is 0 Å². The molecular formula is C28H31FN8OS. The lowest BCUT2D eigenvalue weighted by molar-refractivity contribution is 0.208. The number of halogens is 1. The first-order valence-electron chi connectivity index (χ1n) is 13.1.